The van der Waals surface area contributed by atoms with Gasteiger partial charge in [-0.3, -0.25) is 9.89 Å². The lowest BCUT2D eigenvalue weighted by molar-refractivity contribution is -0.118. The van der Waals surface area contributed by atoms with Crippen molar-refractivity contribution in [3.8, 4) is 0 Å². The zero-order valence-electron chi connectivity index (χ0n) is 9.93. The van der Waals surface area contributed by atoms with Crippen LogP contribution >= 0.6 is 11.8 Å². The number of H-pyrrole nitrogens is 1. The van der Waals surface area contributed by atoms with Crippen LogP contribution in [0.5, 0.6) is 0 Å². The van der Waals surface area contributed by atoms with Crippen LogP contribution in [0, 0.1) is 0 Å². The van der Waals surface area contributed by atoms with Crippen LogP contribution in [0.2, 0.25) is 0 Å². The van der Waals surface area contributed by atoms with E-state index < -0.39 is 0 Å². The monoisotopic (exact) mass is 261 g/mol. The van der Waals surface area contributed by atoms with Gasteiger partial charge in [-0.1, -0.05) is 30.3 Å². The van der Waals surface area contributed by atoms with Crippen molar-refractivity contribution in [1.29, 1.82) is 0 Å². The Balaban J connectivity index is 1.63. The summed E-state index contributed by atoms with van der Waals surface area (Å²) >= 11 is 1.61. The van der Waals surface area contributed by atoms with Crippen molar-refractivity contribution < 1.29 is 4.79 Å². The van der Waals surface area contributed by atoms with Crippen LogP contribution in [0.15, 0.2) is 42.6 Å². The summed E-state index contributed by atoms with van der Waals surface area (Å²) in [6.45, 7) is 0.505. The van der Waals surface area contributed by atoms with Gasteiger partial charge in [0.15, 0.2) is 0 Å². The predicted octanol–water partition coefficient (Wildman–Crippen LogP) is 1.96. The lowest BCUT2D eigenvalue weighted by Gasteiger charge is -2.03. The first-order valence-corrected chi connectivity index (χ1v) is 6.86. The number of nitrogens with one attached hydrogen (secondary N) is 2. The fraction of sp³-hybridized carbons (Fsp3) is 0.231. The highest BCUT2D eigenvalue weighted by molar-refractivity contribution is 7.99. The minimum Gasteiger partial charge on any atom is -0.350 e. The summed E-state index contributed by atoms with van der Waals surface area (Å²) in [6, 6.07) is 12.0. The van der Waals surface area contributed by atoms with Crippen LogP contribution < -0.4 is 5.32 Å². The summed E-state index contributed by atoms with van der Waals surface area (Å²) in [6.07, 6.45) is 1.67. The Morgan fingerprint density at radius 2 is 2.11 bits per heavy atom. The van der Waals surface area contributed by atoms with Gasteiger partial charge >= 0.3 is 0 Å². The van der Waals surface area contributed by atoms with Crippen molar-refractivity contribution in [2.24, 2.45) is 0 Å². The van der Waals surface area contributed by atoms with Crippen molar-refractivity contribution in [1.82, 2.24) is 15.5 Å². The van der Waals surface area contributed by atoms with Gasteiger partial charge in [0.05, 0.1) is 18.0 Å². The Bertz CT molecular complexity index is 470. The molecule has 0 aliphatic heterocycles. The van der Waals surface area contributed by atoms with Crippen LogP contribution in [0.25, 0.3) is 0 Å². The molecular weight excluding hydrogens is 246 g/mol. The highest BCUT2D eigenvalue weighted by Crippen LogP contribution is 2.10. The van der Waals surface area contributed by atoms with Gasteiger partial charge in [-0.2, -0.15) is 5.10 Å². The Hall–Kier alpha value is -1.75. The zero-order valence-corrected chi connectivity index (χ0v) is 10.7. The lowest BCUT2D eigenvalue weighted by atomic mass is 10.2. The van der Waals surface area contributed by atoms with Crippen LogP contribution in [0.1, 0.15) is 11.3 Å². The molecule has 0 saturated carbocycles. The smallest absolute Gasteiger partial charge is 0.230 e. The van der Waals surface area contributed by atoms with Gasteiger partial charge in [0, 0.05) is 11.9 Å². The number of carbonyl (C=O) groups excluding carboxylic acids is 1. The topological polar surface area (TPSA) is 57.8 Å². The average Bonchev–Trinajstić information content (AvgIpc) is 2.91. The first-order valence-electron chi connectivity index (χ1n) is 5.71. The van der Waals surface area contributed by atoms with Gasteiger partial charge in [-0.15, -0.1) is 11.8 Å². The summed E-state index contributed by atoms with van der Waals surface area (Å²) in [5.74, 6) is 1.38. The number of carbonyl (C=O) groups is 1. The Labute approximate surface area is 110 Å². The molecule has 2 aromatic rings. The highest BCUT2D eigenvalue weighted by atomic mass is 32.2. The van der Waals surface area contributed by atoms with Crippen LogP contribution in [0.3, 0.4) is 0 Å². The number of rotatable bonds is 6. The molecule has 18 heavy (non-hydrogen) atoms. The molecule has 2 rings (SSSR count). The molecule has 0 aliphatic rings. The van der Waals surface area contributed by atoms with E-state index in [2.05, 4.69) is 27.6 Å². The zero-order chi connectivity index (χ0) is 12.6. The molecule has 0 radical (unpaired) electrons. The van der Waals surface area contributed by atoms with Crippen molar-refractivity contribution >= 4 is 17.7 Å². The van der Waals surface area contributed by atoms with Gasteiger partial charge in [-0.25, -0.2) is 0 Å². The summed E-state index contributed by atoms with van der Waals surface area (Å²) < 4.78 is 0. The van der Waals surface area contributed by atoms with E-state index in [1.165, 1.54) is 5.56 Å². The average molecular weight is 261 g/mol. The molecule has 4 nitrogen and oxygen atoms in total. The second-order valence-corrected chi connectivity index (χ2v) is 4.82. The number of amides is 1. The van der Waals surface area contributed by atoms with E-state index in [1.54, 1.807) is 18.0 Å². The molecule has 5 heteroatoms. The van der Waals surface area contributed by atoms with Gasteiger partial charge in [-0.05, 0) is 11.6 Å². The van der Waals surface area contributed by atoms with Crippen LogP contribution in [0.4, 0.5) is 0 Å². The van der Waals surface area contributed by atoms with Crippen molar-refractivity contribution in [3.05, 3.63) is 53.9 Å². The quantitative estimate of drug-likeness (QED) is 0.835. The molecule has 0 unspecified atom stereocenters. The predicted molar refractivity (Wildman–Crippen MR) is 73.0 cm³/mol. The Morgan fingerprint density at radius 3 is 2.83 bits per heavy atom. The molecular formula is C13H15N3OS. The Kier molecular flexibility index (Phi) is 4.84. The van der Waals surface area contributed by atoms with E-state index in [9.17, 15) is 4.79 Å². The summed E-state index contributed by atoms with van der Waals surface area (Å²) in [5.41, 5.74) is 2.15. The number of hydrogen-bond donors (Lipinski definition) is 2. The molecule has 1 amide bonds. The van der Waals surface area contributed by atoms with Gasteiger partial charge in [0.2, 0.25) is 5.91 Å². The van der Waals surface area contributed by atoms with E-state index in [0.717, 1.165) is 11.4 Å². The normalized spacial score (nSPS) is 10.2. The molecule has 1 heterocycles. The molecule has 1 aromatic heterocycles. The molecule has 94 valence electrons. The molecule has 0 atom stereocenters. The van der Waals surface area contributed by atoms with Crippen molar-refractivity contribution in [3.63, 3.8) is 0 Å². The minimum atomic E-state index is 0.0468. The third-order valence-electron chi connectivity index (χ3n) is 2.38. The fourth-order valence-corrected chi connectivity index (χ4v) is 2.28. The number of aromatic nitrogens is 2. The van der Waals surface area contributed by atoms with Gasteiger partial charge in [0.25, 0.3) is 0 Å². The molecule has 0 fully saturated rings. The first kappa shape index (κ1) is 12.7. The molecule has 0 saturated heterocycles. The van der Waals surface area contributed by atoms with Gasteiger partial charge in [0.1, 0.15) is 0 Å². The van der Waals surface area contributed by atoms with Crippen molar-refractivity contribution in [2.45, 2.75) is 12.3 Å². The van der Waals surface area contributed by atoms with E-state index >= 15 is 0 Å². The Morgan fingerprint density at radius 1 is 1.28 bits per heavy atom. The third-order valence-corrected chi connectivity index (χ3v) is 3.38. The maximum absolute atomic E-state index is 11.6. The summed E-state index contributed by atoms with van der Waals surface area (Å²) in [5, 5.41) is 9.46. The second kappa shape index (κ2) is 6.86. The lowest BCUT2D eigenvalue weighted by Crippen LogP contribution is -2.24. The number of aromatic amines is 1. The molecule has 0 bridgehead atoms. The number of benzene rings is 1. The summed E-state index contributed by atoms with van der Waals surface area (Å²) in [4.78, 5) is 11.6. The largest absolute Gasteiger partial charge is 0.350 e. The number of nitrogens with zero attached hydrogens (tertiary/aromatic N) is 1. The number of hydrogen-bond acceptors (Lipinski definition) is 3. The third kappa shape index (κ3) is 4.25. The number of thioether (sulfide) groups is 1. The van der Waals surface area contributed by atoms with E-state index in [4.69, 9.17) is 0 Å². The SMILES string of the molecule is O=C(CSCc1ccccc1)NCc1ccn[nH]1. The molecule has 1 aromatic carbocycles. The standard InChI is InChI=1S/C13H15N3OS/c17-13(14-8-12-6-7-15-16-12)10-18-9-11-4-2-1-3-5-11/h1-7H,8-10H2,(H,14,17)(H,15,16). The first-order chi connectivity index (χ1) is 8.84. The molecule has 0 spiro atoms. The minimum absolute atomic E-state index is 0.0468. The van der Waals surface area contributed by atoms with Crippen molar-refractivity contribution in [2.75, 3.05) is 5.75 Å². The second-order valence-electron chi connectivity index (χ2n) is 3.84. The van der Waals surface area contributed by atoms with Crippen LogP contribution in [-0.4, -0.2) is 21.9 Å². The molecule has 0 aliphatic carbocycles. The van der Waals surface area contributed by atoms with Gasteiger partial charge < -0.3 is 5.32 Å². The van der Waals surface area contributed by atoms with E-state index in [0.29, 0.717) is 12.3 Å². The maximum atomic E-state index is 11.6. The maximum Gasteiger partial charge on any atom is 0.230 e. The summed E-state index contributed by atoms with van der Waals surface area (Å²) in [7, 11) is 0. The highest BCUT2D eigenvalue weighted by Gasteiger charge is 2.02. The molecule has 2 N–H and O–H groups in total. The van der Waals surface area contributed by atoms with E-state index in [-0.39, 0.29) is 5.91 Å². The van der Waals surface area contributed by atoms with E-state index in [1.807, 2.05) is 24.3 Å². The van der Waals surface area contributed by atoms with Crippen LogP contribution in [-0.2, 0) is 17.1 Å². The fourth-order valence-electron chi connectivity index (χ4n) is 1.46.